The lowest BCUT2D eigenvalue weighted by molar-refractivity contribution is 0.0463. The molecular formula is C18H27Cl2N3O. The molecule has 0 radical (unpaired) electrons. The van der Waals surface area contributed by atoms with Crippen LogP contribution in [0, 0.1) is 0 Å². The Balaban J connectivity index is 0.00000104. The summed E-state index contributed by atoms with van der Waals surface area (Å²) in [7, 11) is 2.25. The van der Waals surface area contributed by atoms with Crippen LogP contribution >= 0.6 is 24.8 Å². The van der Waals surface area contributed by atoms with Gasteiger partial charge in [0.1, 0.15) is 0 Å². The minimum atomic E-state index is 0. The molecule has 24 heavy (non-hydrogen) atoms. The van der Waals surface area contributed by atoms with Gasteiger partial charge in [-0.05, 0) is 62.9 Å². The highest BCUT2D eigenvalue weighted by Gasteiger charge is 2.36. The van der Waals surface area contributed by atoms with Gasteiger partial charge in [-0.2, -0.15) is 0 Å². The van der Waals surface area contributed by atoms with Gasteiger partial charge in [0, 0.05) is 35.9 Å². The number of benzene rings is 1. The molecule has 6 heteroatoms. The summed E-state index contributed by atoms with van der Waals surface area (Å²) in [5, 5.41) is 6.63. The van der Waals surface area contributed by atoms with Crippen LogP contribution in [0.4, 0.5) is 5.69 Å². The summed E-state index contributed by atoms with van der Waals surface area (Å²) in [6.07, 6.45) is 7.14. The number of nitrogens with one attached hydrogen (secondary N) is 2. The molecular weight excluding hydrogens is 345 g/mol. The van der Waals surface area contributed by atoms with Crippen LogP contribution in [-0.4, -0.2) is 42.5 Å². The van der Waals surface area contributed by atoms with Gasteiger partial charge in [0.15, 0.2) is 0 Å². The molecule has 0 spiro atoms. The zero-order chi connectivity index (χ0) is 15.1. The van der Waals surface area contributed by atoms with E-state index in [0.717, 1.165) is 31.4 Å². The summed E-state index contributed by atoms with van der Waals surface area (Å²) in [6, 6.07) is 7.69. The molecule has 0 aliphatic carbocycles. The molecule has 4 nitrogen and oxygen atoms in total. The number of halogens is 2. The number of nitrogens with zero attached hydrogens (tertiary/aromatic N) is 1. The Morgan fingerprint density at radius 1 is 1.21 bits per heavy atom. The van der Waals surface area contributed by atoms with Gasteiger partial charge in [-0.1, -0.05) is 6.42 Å². The van der Waals surface area contributed by atoms with Crippen molar-refractivity contribution < 1.29 is 4.79 Å². The molecule has 4 rings (SSSR count). The van der Waals surface area contributed by atoms with Gasteiger partial charge >= 0.3 is 0 Å². The van der Waals surface area contributed by atoms with Gasteiger partial charge in [0.2, 0.25) is 0 Å². The lowest BCUT2D eigenvalue weighted by Gasteiger charge is -2.47. The van der Waals surface area contributed by atoms with Crippen LogP contribution in [-0.2, 0) is 6.42 Å². The van der Waals surface area contributed by atoms with E-state index in [1.54, 1.807) is 0 Å². The van der Waals surface area contributed by atoms with Crippen LogP contribution in [0.25, 0.3) is 0 Å². The quantitative estimate of drug-likeness (QED) is 0.838. The molecule has 0 saturated carbocycles. The van der Waals surface area contributed by atoms with Crippen molar-refractivity contribution in [3.8, 4) is 0 Å². The van der Waals surface area contributed by atoms with Gasteiger partial charge in [-0.25, -0.2) is 0 Å². The summed E-state index contributed by atoms with van der Waals surface area (Å²) < 4.78 is 0. The van der Waals surface area contributed by atoms with Crippen LogP contribution in [0.5, 0.6) is 0 Å². The highest BCUT2D eigenvalue weighted by Crippen LogP contribution is 2.32. The van der Waals surface area contributed by atoms with Gasteiger partial charge in [0.25, 0.3) is 5.91 Å². The van der Waals surface area contributed by atoms with E-state index in [0.29, 0.717) is 18.1 Å². The molecule has 0 aromatic heterocycles. The third kappa shape index (κ3) is 3.66. The zero-order valence-electron chi connectivity index (χ0n) is 14.1. The monoisotopic (exact) mass is 371 g/mol. The number of carbonyl (C=O) groups is 1. The summed E-state index contributed by atoms with van der Waals surface area (Å²) in [4.78, 5) is 15.1. The Morgan fingerprint density at radius 3 is 2.62 bits per heavy atom. The summed E-state index contributed by atoms with van der Waals surface area (Å²) in [5.41, 5.74) is 3.27. The van der Waals surface area contributed by atoms with Crippen LogP contribution in [0.1, 0.15) is 48.0 Å². The smallest absolute Gasteiger partial charge is 0.251 e. The Morgan fingerprint density at radius 2 is 1.92 bits per heavy atom. The maximum Gasteiger partial charge on any atom is 0.251 e. The Labute approximate surface area is 156 Å². The topological polar surface area (TPSA) is 44.4 Å². The fourth-order valence-electron chi connectivity index (χ4n) is 4.45. The molecule has 3 heterocycles. The Bertz CT molecular complexity index is 582. The van der Waals surface area contributed by atoms with Crippen molar-refractivity contribution in [1.29, 1.82) is 0 Å². The van der Waals surface area contributed by atoms with E-state index < -0.39 is 0 Å². The van der Waals surface area contributed by atoms with E-state index in [1.165, 1.54) is 30.5 Å². The molecule has 1 amide bonds. The number of fused-ring (bicyclic) bond motifs is 3. The Hall–Kier alpha value is -0.970. The molecule has 3 aliphatic heterocycles. The molecule has 2 saturated heterocycles. The molecule has 134 valence electrons. The number of amides is 1. The maximum absolute atomic E-state index is 12.6. The van der Waals surface area contributed by atoms with Crippen molar-refractivity contribution in [1.82, 2.24) is 10.2 Å². The van der Waals surface area contributed by atoms with Crippen LogP contribution in [0.15, 0.2) is 18.2 Å². The predicted octanol–water partition coefficient (Wildman–Crippen LogP) is 3.24. The number of hydrogen-bond acceptors (Lipinski definition) is 3. The number of carbonyl (C=O) groups excluding carboxylic acids is 1. The van der Waals surface area contributed by atoms with E-state index in [2.05, 4.69) is 28.6 Å². The standard InChI is InChI=1S/C18H25N3O.2ClH/c1-21-15-3-2-4-16(21)11-14(10-15)20-18(22)13-5-6-17-12(9-13)7-8-19-17;;/h5-6,9,14-16,19H,2-4,7-8,10-11H2,1H3,(H,20,22);2*1H. The number of anilines is 1. The predicted molar refractivity (Wildman–Crippen MR) is 103 cm³/mol. The van der Waals surface area contributed by atoms with Crippen molar-refractivity contribution in [2.75, 3.05) is 18.9 Å². The SMILES string of the molecule is CN1C2CCCC1CC(NC(=O)c1ccc3c(c1)CCN3)C2.Cl.Cl. The molecule has 2 atom stereocenters. The fourth-order valence-corrected chi connectivity index (χ4v) is 4.45. The number of hydrogen-bond donors (Lipinski definition) is 2. The third-order valence-corrected chi connectivity index (χ3v) is 5.75. The second kappa shape index (κ2) is 7.94. The average molecular weight is 372 g/mol. The first-order chi connectivity index (χ1) is 10.7. The first kappa shape index (κ1) is 19.4. The van der Waals surface area contributed by atoms with E-state index >= 15 is 0 Å². The zero-order valence-corrected chi connectivity index (χ0v) is 15.7. The maximum atomic E-state index is 12.6. The largest absolute Gasteiger partial charge is 0.384 e. The van der Waals surface area contributed by atoms with E-state index in [-0.39, 0.29) is 30.7 Å². The molecule has 1 aromatic rings. The summed E-state index contributed by atoms with van der Waals surface area (Å²) in [5.74, 6) is 0.0994. The van der Waals surface area contributed by atoms with Crippen molar-refractivity contribution >= 4 is 36.4 Å². The van der Waals surface area contributed by atoms with Gasteiger partial charge in [-0.3, -0.25) is 4.79 Å². The van der Waals surface area contributed by atoms with E-state index in [1.807, 2.05) is 12.1 Å². The highest BCUT2D eigenvalue weighted by atomic mass is 35.5. The van der Waals surface area contributed by atoms with Crippen molar-refractivity contribution in [3.63, 3.8) is 0 Å². The van der Waals surface area contributed by atoms with Gasteiger partial charge < -0.3 is 15.5 Å². The van der Waals surface area contributed by atoms with Crippen LogP contribution in [0.3, 0.4) is 0 Å². The molecule has 2 unspecified atom stereocenters. The molecule has 3 aliphatic rings. The minimum Gasteiger partial charge on any atom is -0.384 e. The minimum absolute atomic E-state index is 0. The molecule has 2 N–H and O–H groups in total. The molecule has 2 fully saturated rings. The molecule has 2 bridgehead atoms. The third-order valence-electron chi connectivity index (χ3n) is 5.75. The molecule has 1 aromatic carbocycles. The van der Waals surface area contributed by atoms with Gasteiger partial charge in [-0.15, -0.1) is 24.8 Å². The van der Waals surface area contributed by atoms with E-state index in [4.69, 9.17) is 0 Å². The summed E-state index contributed by atoms with van der Waals surface area (Å²) >= 11 is 0. The van der Waals surface area contributed by atoms with Crippen molar-refractivity contribution in [2.45, 2.75) is 56.7 Å². The lowest BCUT2D eigenvalue weighted by atomic mass is 9.82. The first-order valence-electron chi connectivity index (χ1n) is 8.60. The van der Waals surface area contributed by atoms with Crippen molar-refractivity contribution in [2.24, 2.45) is 0 Å². The fraction of sp³-hybridized carbons (Fsp3) is 0.611. The first-order valence-corrected chi connectivity index (χ1v) is 8.60. The van der Waals surface area contributed by atoms with Crippen LogP contribution in [0.2, 0.25) is 0 Å². The second-order valence-electron chi connectivity index (χ2n) is 7.09. The normalized spacial score (nSPS) is 28.0. The van der Waals surface area contributed by atoms with Crippen molar-refractivity contribution in [3.05, 3.63) is 29.3 Å². The summed E-state index contributed by atoms with van der Waals surface area (Å²) in [6.45, 7) is 0.985. The average Bonchev–Trinajstić information content (AvgIpc) is 2.95. The highest BCUT2D eigenvalue weighted by molar-refractivity contribution is 5.95. The van der Waals surface area contributed by atoms with E-state index in [9.17, 15) is 4.79 Å². The van der Waals surface area contributed by atoms with Gasteiger partial charge in [0.05, 0.1) is 0 Å². The Kier molecular flexibility index (Phi) is 6.40. The number of rotatable bonds is 2. The lowest BCUT2D eigenvalue weighted by Crippen LogP contribution is -2.55. The second-order valence-corrected chi connectivity index (χ2v) is 7.09. The number of piperidine rings is 2. The van der Waals surface area contributed by atoms with Crippen LogP contribution < -0.4 is 10.6 Å².